The van der Waals surface area contributed by atoms with E-state index in [1.807, 2.05) is 0 Å². The van der Waals surface area contributed by atoms with Crippen LogP contribution in [0.5, 0.6) is 0 Å². The molecule has 4 rings (SSSR count). The topological polar surface area (TPSA) is 41.1 Å². The smallest absolute Gasteiger partial charge is 0.234 e. The summed E-state index contributed by atoms with van der Waals surface area (Å²) >= 11 is 0. The molecule has 3 heteroatoms. The second-order valence-corrected chi connectivity index (χ2v) is 8.27. The molecule has 4 aliphatic rings. The van der Waals surface area contributed by atoms with E-state index in [-0.39, 0.29) is 11.4 Å². The quantitative estimate of drug-likeness (QED) is 0.609. The summed E-state index contributed by atoms with van der Waals surface area (Å²) in [5.74, 6) is 3.42. The van der Waals surface area contributed by atoms with Crippen LogP contribution in [0, 0.1) is 29.1 Å². The monoisotopic (exact) mass is 274 g/mol. The maximum atomic E-state index is 12.2. The molecule has 0 radical (unpaired) electrons. The molecule has 2 unspecified atom stereocenters. The van der Waals surface area contributed by atoms with Crippen LogP contribution in [0.3, 0.4) is 0 Å². The van der Waals surface area contributed by atoms with Crippen LogP contribution in [-0.4, -0.2) is 24.5 Å². The minimum absolute atomic E-state index is 0.0534. The number of hydrogen-bond acceptors (Lipinski definition) is 2. The Labute approximate surface area is 122 Å². The molecule has 4 aliphatic carbocycles. The molecule has 3 nitrogen and oxygen atoms in total. The van der Waals surface area contributed by atoms with Crippen molar-refractivity contribution in [2.75, 3.05) is 13.1 Å². The van der Waals surface area contributed by atoms with Gasteiger partial charge in [-0.3, -0.25) is 10.1 Å². The van der Waals surface area contributed by atoms with Crippen LogP contribution >= 0.6 is 0 Å². The predicted octanol–water partition coefficient (Wildman–Crippen LogP) is 2.07. The fourth-order valence-electron chi connectivity index (χ4n) is 6.18. The maximum absolute atomic E-state index is 12.2. The molecular formula is C17H26N2O. The molecule has 2 atom stereocenters. The van der Waals surface area contributed by atoms with Gasteiger partial charge >= 0.3 is 0 Å². The van der Waals surface area contributed by atoms with E-state index in [2.05, 4.69) is 30.4 Å². The molecular weight excluding hydrogens is 248 g/mol. The van der Waals surface area contributed by atoms with Crippen LogP contribution in [0.4, 0.5) is 0 Å². The Morgan fingerprint density at radius 2 is 1.85 bits per heavy atom. The third-order valence-electron chi connectivity index (χ3n) is 5.54. The van der Waals surface area contributed by atoms with Crippen molar-refractivity contribution in [2.45, 2.75) is 57.9 Å². The molecule has 4 saturated carbocycles. The summed E-state index contributed by atoms with van der Waals surface area (Å²) in [6.07, 6.45) is 12.7. The Kier molecular flexibility index (Phi) is 3.14. The summed E-state index contributed by atoms with van der Waals surface area (Å²) in [7, 11) is 0. The van der Waals surface area contributed by atoms with E-state index in [0.717, 1.165) is 18.8 Å². The zero-order valence-corrected chi connectivity index (χ0v) is 12.7. The number of carbonyl (C=O) groups excluding carboxylic acids is 1. The summed E-state index contributed by atoms with van der Waals surface area (Å²) in [4.78, 5) is 12.2. The lowest BCUT2D eigenvalue weighted by Crippen LogP contribution is -2.65. The zero-order chi connectivity index (χ0) is 14.4. The van der Waals surface area contributed by atoms with Gasteiger partial charge in [0.25, 0.3) is 0 Å². The van der Waals surface area contributed by atoms with Crippen LogP contribution in [-0.2, 0) is 4.79 Å². The lowest BCUT2D eigenvalue weighted by Gasteiger charge is -2.65. The average molecular weight is 274 g/mol. The van der Waals surface area contributed by atoms with Crippen molar-refractivity contribution in [1.29, 1.82) is 0 Å². The van der Waals surface area contributed by atoms with Gasteiger partial charge in [0, 0.05) is 5.54 Å². The van der Waals surface area contributed by atoms with Gasteiger partial charge in [-0.2, -0.15) is 0 Å². The van der Waals surface area contributed by atoms with Gasteiger partial charge in [0.15, 0.2) is 0 Å². The van der Waals surface area contributed by atoms with E-state index in [0.29, 0.717) is 23.9 Å². The molecule has 0 spiro atoms. The minimum Gasteiger partial charge on any atom is -0.350 e. The summed E-state index contributed by atoms with van der Waals surface area (Å²) in [5.41, 5.74) is 0.930. The highest BCUT2D eigenvalue weighted by molar-refractivity contribution is 5.79. The van der Waals surface area contributed by atoms with Crippen molar-refractivity contribution in [3.05, 3.63) is 0 Å². The van der Waals surface area contributed by atoms with Crippen molar-refractivity contribution < 1.29 is 4.79 Å². The molecule has 4 fully saturated rings. The van der Waals surface area contributed by atoms with Crippen LogP contribution < -0.4 is 10.6 Å². The zero-order valence-electron chi connectivity index (χ0n) is 12.7. The highest BCUT2D eigenvalue weighted by Crippen LogP contribution is 2.66. The first-order valence-electron chi connectivity index (χ1n) is 7.81. The largest absolute Gasteiger partial charge is 0.350 e. The van der Waals surface area contributed by atoms with Gasteiger partial charge in [-0.25, -0.2) is 0 Å². The van der Waals surface area contributed by atoms with Crippen LogP contribution in [0.2, 0.25) is 0 Å². The van der Waals surface area contributed by atoms with Gasteiger partial charge < -0.3 is 5.32 Å². The number of nitrogens with one attached hydrogen (secondary N) is 2. The Hall–Kier alpha value is -1.01. The van der Waals surface area contributed by atoms with E-state index in [1.165, 1.54) is 25.7 Å². The lowest BCUT2D eigenvalue weighted by molar-refractivity contribution is -0.139. The van der Waals surface area contributed by atoms with E-state index in [9.17, 15) is 4.79 Å². The summed E-state index contributed by atoms with van der Waals surface area (Å²) in [6.45, 7) is 5.64. The predicted molar refractivity (Wildman–Crippen MR) is 80.0 cm³/mol. The van der Waals surface area contributed by atoms with Gasteiger partial charge in [0.05, 0.1) is 13.1 Å². The SMILES string of the molecule is C#CCNCC(=O)NC12CC3CC(C)(CC(C)(C3)C1)C2. The van der Waals surface area contributed by atoms with Crippen molar-refractivity contribution in [2.24, 2.45) is 16.7 Å². The normalized spacial score (nSPS) is 45.1. The molecule has 0 saturated heterocycles. The number of hydrogen-bond donors (Lipinski definition) is 2. The maximum Gasteiger partial charge on any atom is 0.234 e. The fraction of sp³-hybridized carbons (Fsp3) is 0.824. The van der Waals surface area contributed by atoms with Crippen LogP contribution in [0.1, 0.15) is 52.4 Å². The van der Waals surface area contributed by atoms with Crippen molar-refractivity contribution in [3.8, 4) is 12.3 Å². The first-order valence-corrected chi connectivity index (χ1v) is 7.81. The first-order chi connectivity index (χ1) is 9.36. The van der Waals surface area contributed by atoms with Crippen molar-refractivity contribution >= 4 is 5.91 Å². The van der Waals surface area contributed by atoms with Gasteiger partial charge in [-0.15, -0.1) is 6.42 Å². The van der Waals surface area contributed by atoms with Crippen LogP contribution in [0.25, 0.3) is 0 Å². The van der Waals surface area contributed by atoms with E-state index in [4.69, 9.17) is 6.42 Å². The van der Waals surface area contributed by atoms with E-state index < -0.39 is 0 Å². The van der Waals surface area contributed by atoms with E-state index in [1.54, 1.807) is 0 Å². The number of amides is 1. The standard InChI is InChI=1S/C17H26N2O/c1-4-5-18-9-14(20)19-17-8-13-6-15(2,11-17)10-16(3,7-13)12-17/h1,13,18H,5-12H2,2-3H3,(H,19,20). The molecule has 0 aromatic heterocycles. The lowest BCUT2D eigenvalue weighted by atomic mass is 9.43. The molecule has 4 bridgehead atoms. The molecule has 0 heterocycles. The molecule has 1 amide bonds. The average Bonchev–Trinajstić information content (AvgIpc) is 2.22. The molecule has 0 aromatic carbocycles. The molecule has 20 heavy (non-hydrogen) atoms. The van der Waals surface area contributed by atoms with Crippen LogP contribution in [0.15, 0.2) is 0 Å². The van der Waals surface area contributed by atoms with Crippen molar-refractivity contribution in [3.63, 3.8) is 0 Å². The van der Waals surface area contributed by atoms with Crippen molar-refractivity contribution in [1.82, 2.24) is 10.6 Å². The number of carbonyl (C=O) groups is 1. The highest BCUT2D eigenvalue weighted by atomic mass is 16.2. The Bertz CT molecular complexity index is 446. The first kappa shape index (κ1) is 13.9. The number of rotatable bonds is 4. The third kappa shape index (κ3) is 2.46. The second-order valence-electron chi connectivity index (χ2n) is 8.27. The highest BCUT2D eigenvalue weighted by Gasteiger charge is 2.60. The number of terminal acetylenes is 1. The van der Waals surface area contributed by atoms with E-state index >= 15 is 0 Å². The van der Waals surface area contributed by atoms with Gasteiger partial charge in [0.2, 0.25) is 5.91 Å². The third-order valence-corrected chi connectivity index (χ3v) is 5.54. The summed E-state index contributed by atoms with van der Waals surface area (Å²) in [6, 6.07) is 0. The minimum atomic E-state index is 0.0534. The van der Waals surface area contributed by atoms with Gasteiger partial charge in [-0.1, -0.05) is 19.8 Å². The molecule has 0 aromatic rings. The van der Waals surface area contributed by atoms with Gasteiger partial charge in [0.1, 0.15) is 0 Å². The second kappa shape index (κ2) is 4.49. The fourth-order valence-corrected chi connectivity index (χ4v) is 6.18. The molecule has 2 N–H and O–H groups in total. The van der Waals surface area contributed by atoms with Gasteiger partial charge in [-0.05, 0) is 55.3 Å². The molecule has 0 aliphatic heterocycles. The summed E-state index contributed by atoms with van der Waals surface area (Å²) in [5, 5.41) is 6.35. The Morgan fingerprint density at radius 3 is 2.40 bits per heavy atom. The molecule has 110 valence electrons. The Morgan fingerprint density at radius 1 is 1.20 bits per heavy atom. The Balaban J connectivity index is 1.70. The summed E-state index contributed by atoms with van der Waals surface area (Å²) < 4.78 is 0.